The van der Waals surface area contributed by atoms with Crippen molar-refractivity contribution in [3.05, 3.63) is 63.6 Å². The number of amides is 3. The molecule has 0 radical (unpaired) electrons. The molecule has 1 saturated heterocycles. The molecular weight excluding hydrogens is 474 g/mol. The Morgan fingerprint density at radius 2 is 1.94 bits per heavy atom. The zero-order chi connectivity index (χ0) is 24.4. The molecule has 2 N–H and O–H groups in total. The van der Waals surface area contributed by atoms with Gasteiger partial charge in [0.15, 0.2) is 0 Å². The number of aryl methyl sites for hydroxylation is 1. The Labute approximate surface area is 206 Å². The molecule has 1 aliphatic rings. The normalized spacial score (nSPS) is 15.6. The second kappa shape index (κ2) is 9.90. The van der Waals surface area contributed by atoms with Crippen LogP contribution in [0, 0.1) is 12.8 Å². The number of carbonyl (C=O) groups excluding carboxylic acids is 3. The van der Waals surface area contributed by atoms with Gasteiger partial charge in [0.05, 0.1) is 0 Å². The van der Waals surface area contributed by atoms with E-state index in [-0.39, 0.29) is 29.6 Å². The molecule has 8 nitrogen and oxygen atoms in total. The molecule has 176 valence electrons. The molecule has 3 amide bonds. The standard InChI is InChI=1S/C24H24ClN5O3S/c1-13(2)21(32)26-17-6-4-5-15(9-17)22(33)27-24-29-28-23(34-24)16-10-20(31)30(12-16)18-8-7-14(3)19(25)11-18/h4-9,11,13,16H,10,12H2,1-3H3,(H,26,32)(H,27,29,33)/t16-/m0/s1. The SMILES string of the molecule is Cc1ccc(N2C[C@@H](c3nnc(NC(=O)c4cccc(NC(=O)C(C)C)c4)s3)CC2=O)cc1Cl. The summed E-state index contributed by atoms with van der Waals surface area (Å²) in [4.78, 5) is 38.9. The predicted octanol–water partition coefficient (Wildman–Crippen LogP) is 4.87. The highest BCUT2D eigenvalue weighted by atomic mass is 35.5. The van der Waals surface area contributed by atoms with Crippen LogP contribution >= 0.6 is 22.9 Å². The van der Waals surface area contributed by atoms with Crippen molar-refractivity contribution < 1.29 is 14.4 Å². The monoisotopic (exact) mass is 497 g/mol. The highest BCUT2D eigenvalue weighted by molar-refractivity contribution is 7.15. The molecule has 4 rings (SSSR count). The summed E-state index contributed by atoms with van der Waals surface area (Å²) in [5.74, 6) is -0.781. The Morgan fingerprint density at radius 1 is 1.15 bits per heavy atom. The van der Waals surface area contributed by atoms with Gasteiger partial charge < -0.3 is 10.2 Å². The van der Waals surface area contributed by atoms with Crippen LogP contribution in [0.4, 0.5) is 16.5 Å². The number of nitrogens with zero attached hydrogens (tertiary/aromatic N) is 3. The molecule has 0 bridgehead atoms. The van der Waals surface area contributed by atoms with Crippen LogP contribution in [-0.2, 0) is 9.59 Å². The van der Waals surface area contributed by atoms with E-state index < -0.39 is 0 Å². The van der Waals surface area contributed by atoms with E-state index in [0.717, 1.165) is 11.3 Å². The lowest BCUT2D eigenvalue weighted by Crippen LogP contribution is -2.24. The first kappa shape index (κ1) is 23.8. The zero-order valence-corrected chi connectivity index (χ0v) is 20.5. The van der Waals surface area contributed by atoms with E-state index in [1.54, 1.807) is 49.1 Å². The second-order valence-corrected chi connectivity index (χ2v) is 9.88. The van der Waals surface area contributed by atoms with Crippen molar-refractivity contribution in [3.63, 3.8) is 0 Å². The van der Waals surface area contributed by atoms with E-state index in [4.69, 9.17) is 11.6 Å². The summed E-state index contributed by atoms with van der Waals surface area (Å²) < 4.78 is 0. The molecule has 10 heteroatoms. The summed E-state index contributed by atoms with van der Waals surface area (Å²) in [5, 5.41) is 15.5. The summed E-state index contributed by atoms with van der Waals surface area (Å²) in [7, 11) is 0. The maximum Gasteiger partial charge on any atom is 0.257 e. The number of rotatable bonds is 6. The van der Waals surface area contributed by atoms with Crippen molar-refractivity contribution in [2.45, 2.75) is 33.1 Å². The van der Waals surface area contributed by atoms with E-state index in [1.165, 1.54) is 11.3 Å². The third kappa shape index (κ3) is 5.26. The molecule has 2 heterocycles. The van der Waals surface area contributed by atoms with Crippen molar-refractivity contribution in [2.24, 2.45) is 5.92 Å². The topological polar surface area (TPSA) is 104 Å². The number of benzene rings is 2. The van der Waals surface area contributed by atoms with Gasteiger partial charge in [-0.25, -0.2) is 0 Å². The van der Waals surface area contributed by atoms with Gasteiger partial charge in [0.25, 0.3) is 5.91 Å². The minimum absolute atomic E-state index is 0.00837. The predicted molar refractivity (Wildman–Crippen MR) is 134 cm³/mol. The van der Waals surface area contributed by atoms with Gasteiger partial charge in [-0.1, -0.05) is 48.9 Å². The summed E-state index contributed by atoms with van der Waals surface area (Å²) >= 11 is 7.47. The van der Waals surface area contributed by atoms with Gasteiger partial charge in [0.1, 0.15) is 5.01 Å². The van der Waals surface area contributed by atoms with Crippen LogP contribution in [0.25, 0.3) is 0 Å². The molecule has 34 heavy (non-hydrogen) atoms. The Kier molecular flexibility index (Phi) is 6.95. The first-order chi connectivity index (χ1) is 16.2. The van der Waals surface area contributed by atoms with E-state index in [1.807, 2.05) is 19.1 Å². The Bertz CT molecular complexity index is 1260. The van der Waals surface area contributed by atoms with Crippen LogP contribution in [0.1, 0.15) is 47.1 Å². The van der Waals surface area contributed by atoms with Crippen LogP contribution in [0.5, 0.6) is 0 Å². The fourth-order valence-electron chi connectivity index (χ4n) is 3.52. The maximum absolute atomic E-state index is 12.7. The quantitative estimate of drug-likeness (QED) is 0.505. The van der Waals surface area contributed by atoms with Crippen molar-refractivity contribution in [1.82, 2.24) is 10.2 Å². The number of anilines is 3. The Morgan fingerprint density at radius 3 is 2.68 bits per heavy atom. The molecule has 1 fully saturated rings. The number of aromatic nitrogens is 2. The minimum Gasteiger partial charge on any atom is -0.326 e. The molecule has 1 atom stereocenters. The smallest absolute Gasteiger partial charge is 0.257 e. The molecule has 1 aliphatic heterocycles. The van der Waals surface area contributed by atoms with Crippen molar-refractivity contribution in [3.8, 4) is 0 Å². The highest BCUT2D eigenvalue weighted by Crippen LogP contribution is 2.35. The molecule has 3 aromatic rings. The molecule has 2 aromatic carbocycles. The summed E-state index contributed by atoms with van der Waals surface area (Å²) in [5.41, 5.74) is 2.64. The zero-order valence-electron chi connectivity index (χ0n) is 19.0. The van der Waals surface area contributed by atoms with Crippen LogP contribution < -0.4 is 15.5 Å². The number of nitrogens with one attached hydrogen (secondary N) is 2. The Hall–Kier alpha value is -3.30. The van der Waals surface area contributed by atoms with E-state index in [0.29, 0.717) is 39.4 Å². The number of carbonyl (C=O) groups is 3. The minimum atomic E-state index is -0.359. The van der Waals surface area contributed by atoms with Crippen molar-refractivity contribution in [2.75, 3.05) is 22.1 Å². The van der Waals surface area contributed by atoms with Crippen LogP contribution in [-0.4, -0.2) is 34.5 Å². The van der Waals surface area contributed by atoms with Gasteiger partial charge in [-0.05, 0) is 42.8 Å². The van der Waals surface area contributed by atoms with E-state index >= 15 is 0 Å². The van der Waals surface area contributed by atoms with Crippen molar-refractivity contribution >= 4 is 57.2 Å². The summed E-state index contributed by atoms with van der Waals surface area (Å²) in [6.07, 6.45) is 0.311. The van der Waals surface area contributed by atoms with Crippen LogP contribution in [0.2, 0.25) is 5.02 Å². The summed E-state index contributed by atoms with van der Waals surface area (Å²) in [6, 6.07) is 12.3. The lowest BCUT2D eigenvalue weighted by atomic mass is 10.1. The average molecular weight is 498 g/mol. The molecular formula is C24H24ClN5O3S. The van der Waals surface area contributed by atoms with Gasteiger partial charge in [0, 0.05) is 46.8 Å². The molecule has 0 spiro atoms. The van der Waals surface area contributed by atoms with Gasteiger partial charge in [-0.15, -0.1) is 10.2 Å². The third-order valence-corrected chi connectivity index (χ3v) is 6.93. The number of hydrogen-bond donors (Lipinski definition) is 2. The molecule has 0 unspecified atom stereocenters. The van der Waals surface area contributed by atoms with E-state index in [9.17, 15) is 14.4 Å². The number of halogens is 1. The largest absolute Gasteiger partial charge is 0.326 e. The fourth-order valence-corrected chi connectivity index (χ4v) is 4.52. The van der Waals surface area contributed by atoms with Gasteiger partial charge in [-0.2, -0.15) is 0 Å². The van der Waals surface area contributed by atoms with E-state index in [2.05, 4.69) is 20.8 Å². The first-order valence-corrected chi connectivity index (χ1v) is 12.0. The highest BCUT2D eigenvalue weighted by Gasteiger charge is 2.34. The van der Waals surface area contributed by atoms with Crippen LogP contribution in [0.15, 0.2) is 42.5 Å². The van der Waals surface area contributed by atoms with Gasteiger partial charge in [-0.3, -0.25) is 19.7 Å². The van der Waals surface area contributed by atoms with Crippen LogP contribution in [0.3, 0.4) is 0 Å². The molecule has 0 saturated carbocycles. The molecule has 1 aromatic heterocycles. The molecule has 0 aliphatic carbocycles. The number of hydrogen-bond acceptors (Lipinski definition) is 6. The van der Waals surface area contributed by atoms with Gasteiger partial charge >= 0.3 is 0 Å². The first-order valence-electron chi connectivity index (χ1n) is 10.8. The maximum atomic E-state index is 12.7. The lowest BCUT2D eigenvalue weighted by Gasteiger charge is -2.17. The Balaban J connectivity index is 1.42. The van der Waals surface area contributed by atoms with Crippen molar-refractivity contribution in [1.29, 1.82) is 0 Å². The third-order valence-electron chi connectivity index (χ3n) is 5.52. The average Bonchev–Trinajstić information content (AvgIpc) is 3.42. The second-order valence-electron chi connectivity index (χ2n) is 8.46. The van der Waals surface area contributed by atoms with Gasteiger partial charge in [0.2, 0.25) is 16.9 Å². The fraction of sp³-hybridized carbons (Fsp3) is 0.292. The lowest BCUT2D eigenvalue weighted by molar-refractivity contribution is -0.119. The summed E-state index contributed by atoms with van der Waals surface area (Å²) in [6.45, 7) is 5.98.